The second-order valence-corrected chi connectivity index (χ2v) is 16.1. The number of oxazole rings is 1. The monoisotopic (exact) mass is 725 g/mol. The molecule has 0 unspecified atom stereocenters. The molecule has 11 rings (SSSR count). The Morgan fingerprint density at radius 2 is 0.929 bits per heavy atom. The average Bonchev–Trinajstić information content (AvgIpc) is 3.87. The van der Waals surface area contributed by atoms with Crippen molar-refractivity contribution in [3.8, 4) is 22.8 Å². The minimum Gasteiger partial charge on any atom is -0.456 e. The zero-order valence-electron chi connectivity index (χ0n) is 31.7. The number of anilines is 6. The SMILES string of the molecule is CC1(C)c2ccccc2N(c2ccc(N3c4ccccc4C(C)(C)c4cc(-c5nc6ccccc6o5)ccc43)cc2)c2ccc(-c3cc4ccccc4o3)cc21. The van der Waals surface area contributed by atoms with Gasteiger partial charge in [0, 0.05) is 38.7 Å². The highest BCUT2D eigenvalue weighted by molar-refractivity contribution is 5.91. The van der Waals surface area contributed by atoms with Crippen LogP contribution in [0.4, 0.5) is 34.1 Å². The van der Waals surface area contributed by atoms with E-state index in [9.17, 15) is 0 Å². The molecule has 0 atom stereocenters. The fraction of sp³-hybridized carbons (Fsp3) is 0.118. The second-order valence-electron chi connectivity index (χ2n) is 16.1. The van der Waals surface area contributed by atoms with Gasteiger partial charge in [-0.25, -0.2) is 4.98 Å². The molecule has 0 bridgehead atoms. The number of para-hydroxylation sites is 5. The lowest BCUT2D eigenvalue weighted by Crippen LogP contribution is -2.31. The highest BCUT2D eigenvalue weighted by Crippen LogP contribution is 2.55. The van der Waals surface area contributed by atoms with Crippen molar-refractivity contribution < 1.29 is 8.83 Å². The summed E-state index contributed by atoms with van der Waals surface area (Å²) in [5.74, 6) is 1.51. The smallest absolute Gasteiger partial charge is 0.227 e. The number of nitrogens with zero attached hydrogens (tertiary/aromatic N) is 3. The summed E-state index contributed by atoms with van der Waals surface area (Å²) in [5.41, 5.74) is 16.1. The number of fused-ring (bicyclic) bond motifs is 6. The highest BCUT2D eigenvalue weighted by Gasteiger charge is 2.39. The molecule has 0 radical (unpaired) electrons. The van der Waals surface area contributed by atoms with Gasteiger partial charge in [-0.2, -0.15) is 0 Å². The molecule has 5 heteroatoms. The van der Waals surface area contributed by atoms with Gasteiger partial charge in [-0.1, -0.05) is 94.4 Å². The molecule has 0 fully saturated rings. The number of hydrogen-bond donors (Lipinski definition) is 0. The molecule has 270 valence electrons. The van der Waals surface area contributed by atoms with Crippen LogP contribution in [0.25, 0.3) is 44.8 Å². The van der Waals surface area contributed by atoms with Crippen LogP contribution in [0.3, 0.4) is 0 Å². The third-order valence-electron chi connectivity index (χ3n) is 12.1. The lowest BCUT2D eigenvalue weighted by molar-refractivity contribution is 0.615. The summed E-state index contributed by atoms with van der Waals surface area (Å²) in [5, 5.41) is 1.11. The number of hydrogen-bond acceptors (Lipinski definition) is 5. The van der Waals surface area contributed by atoms with E-state index in [4.69, 9.17) is 13.8 Å². The molecule has 0 saturated heterocycles. The lowest BCUT2D eigenvalue weighted by atomic mass is 9.73. The zero-order chi connectivity index (χ0) is 37.8. The van der Waals surface area contributed by atoms with Gasteiger partial charge < -0.3 is 18.6 Å². The fourth-order valence-electron chi connectivity index (χ4n) is 9.12. The summed E-state index contributed by atoms with van der Waals surface area (Å²) in [6.07, 6.45) is 0. The maximum Gasteiger partial charge on any atom is 0.227 e. The summed E-state index contributed by atoms with van der Waals surface area (Å²) in [4.78, 5) is 9.65. The largest absolute Gasteiger partial charge is 0.456 e. The van der Waals surface area contributed by atoms with Crippen molar-refractivity contribution in [2.24, 2.45) is 0 Å². The maximum atomic E-state index is 6.34. The molecule has 9 aromatic rings. The van der Waals surface area contributed by atoms with Crippen molar-refractivity contribution in [2.45, 2.75) is 38.5 Å². The number of aromatic nitrogens is 1. The van der Waals surface area contributed by atoms with Crippen LogP contribution < -0.4 is 9.80 Å². The summed E-state index contributed by atoms with van der Waals surface area (Å²) >= 11 is 0. The van der Waals surface area contributed by atoms with E-state index in [0.717, 1.165) is 56.0 Å². The van der Waals surface area contributed by atoms with Crippen molar-refractivity contribution in [1.29, 1.82) is 0 Å². The molecule has 56 heavy (non-hydrogen) atoms. The molecule has 0 aliphatic carbocycles. The minimum absolute atomic E-state index is 0.227. The first-order valence-corrected chi connectivity index (χ1v) is 19.3. The van der Waals surface area contributed by atoms with E-state index in [1.807, 2.05) is 36.4 Å². The van der Waals surface area contributed by atoms with Crippen molar-refractivity contribution in [3.05, 3.63) is 186 Å². The minimum atomic E-state index is -0.250. The van der Waals surface area contributed by atoms with Gasteiger partial charge in [-0.15, -0.1) is 0 Å². The first kappa shape index (κ1) is 32.6. The van der Waals surface area contributed by atoms with E-state index < -0.39 is 0 Å². The second kappa shape index (κ2) is 11.8. The first-order chi connectivity index (χ1) is 27.3. The van der Waals surface area contributed by atoms with Crippen molar-refractivity contribution >= 4 is 56.2 Å². The van der Waals surface area contributed by atoms with Crippen LogP contribution in [0.1, 0.15) is 49.9 Å². The quantitative estimate of drug-likeness (QED) is 0.181. The molecule has 2 aliphatic heterocycles. The van der Waals surface area contributed by atoms with E-state index in [-0.39, 0.29) is 10.8 Å². The van der Waals surface area contributed by atoms with Crippen LogP contribution in [0.5, 0.6) is 0 Å². The Balaban J connectivity index is 1.02. The van der Waals surface area contributed by atoms with Crippen LogP contribution in [-0.2, 0) is 10.8 Å². The predicted molar refractivity (Wildman–Crippen MR) is 228 cm³/mol. The van der Waals surface area contributed by atoms with Crippen LogP contribution >= 0.6 is 0 Å². The lowest BCUT2D eigenvalue weighted by Gasteiger charge is -2.43. The first-order valence-electron chi connectivity index (χ1n) is 19.3. The highest BCUT2D eigenvalue weighted by atomic mass is 16.3. The van der Waals surface area contributed by atoms with Crippen LogP contribution in [-0.4, -0.2) is 4.98 Å². The Labute approximate surface area is 326 Å². The van der Waals surface area contributed by atoms with Gasteiger partial charge in [0.05, 0.1) is 22.7 Å². The maximum absolute atomic E-state index is 6.34. The van der Waals surface area contributed by atoms with E-state index in [0.29, 0.717) is 5.89 Å². The number of rotatable bonds is 4. The summed E-state index contributed by atoms with van der Waals surface area (Å²) in [6, 6.07) is 58.3. The molecule has 4 heterocycles. The zero-order valence-corrected chi connectivity index (χ0v) is 31.7. The summed E-state index contributed by atoms with van der Waals surface area (Å²) in [6.45, 7) is 9.28. The van der Waals surface area contributed by atoms with Crippen molar-refractivity contribution in [3.63, 3.8) is 0 Å². The van der Waals surface area contributed by atoms with Gasteiger partial charge in [0.15, 0.2) is 5.58 Å². The summed E-state index contributed by atoms with van der Waals surface area (Å²) < 4.78 is 12.6. The van der Waals surface area contributed by atoms with Gasteiger partial charge in [0.1, 0.15) is 16.9 Å². The van der Waals surface area contributed by atoms with Crippen LogP contribution in [0.2, 0.25) is 0 Å². The Kier molecular flexibility index (Phi) is 6.88. The molecule has 0 spiro atoms. The van der Waals surface area contributed by atoms with Crippen molar-refractivity contribution in [2.75, 3.05) is 9.80 Å². The third kappa shape index (κ3) is 4.77. The Morgan fingerprint density at radius 3 is 1.54 bits per heavy atom. The Morgan fingerprint density at radius 1 is 0.429 bits per heavy atom. The molecule has 2 aromatic heterocycles. The fourth-order valence-corrected chi connectivity index (χ4v) is 9.12. The predicted octanol–water partition coefficient (Wildman–Crippen LogP) is 14.1. The molecule has 0 saturated carbocycles. The Bertz CT molecular complexity index is 2730. The molecular weight excluding hydrogens is 687 g/mol. The van der Waals surface area contributed by atoms with E-state index >= 15 is 0 Å². The van der Waals surface area contributed by atoms with E-state index in [2.05, 4.69) is 165 Å². The van der Waals surface area contributed by atoms with Gasteiger partial charge in [0.25, 0.3) is 0 Å². The topological polar surface area (TPSA) is 45.7 Å². The molecule has 0 N–H and O–H groups in total. The van der Waals surface area contributed by atoms with Gasteiger partial charge in [-0.3, -0.25) is 0 Å². The average molecular weight is 726 g/mol. The van der Waals surface area contributed by atoms with E-state index in [1.54, 1.807) is 0 Å². The standard InChI is InChI=1S/C51H39N3O2/c1-50(2)37-14-6-9-17-42(37)53(44-27-21-33(29-39(44)50)48-31-32-13-5-11-19-46(32)55-48)35-23-25-36(26-24-35)54-43-18-10-7-15-38(43)51(3,4)40-30-34(22-28-45(40)54)49-52-41-16-8-12-20-47(41)56-49/h5-31H,1-4H3. The van der Waals surface area contributed by atoms with Gasteiger partial charge in [-0.05, 0) is 119 Å². The number of benzene rings is 7. The van der Waals surface area contributed by atoms with E-state index in [1.165, 1.54) is 39.3 Å². The van der Waals surface area contributed by atoms with Gasteiger partial charge in [0.2, 0.25) is 5.89 Å². The van der Waals surface area contributed by atoms with Gasteiger partial charge >= 0.3 is 0 Å². The Hall–Kier alpha value is -6.85. The van der Waals surface area contributed by atoms with Crippen molar-refractivity contribution in [1.82, 2.24) is 4.98 Å². The van der Waals surface area contributed by atoms with Crippen LogP contribution in [0.15, 0.2) is 173 Å². The molecular formula is C51H39N3O2. The third-order valence-corrected chi connectivity index (χ3v) is 12.1. The summed E-state index contributed by atoms with van der Waals surface area (Å²) in [7, 11) is 0. The van der Waals surface area contributed by atoms with Crippen LogP contribution in [0, 0.1) is 0 Å². The number of furan rings is 1. The molecule has 2 aliphatic rings. The molecule has 7 aromatic carbocycles. The molecule has 5 nitrogen and oxygen atoms in total. The normalized spacial score (nSPS) is 15.0. The molecule has 0 amide bonds.